The minimum absolute atomic E-state index is 0.0855. The molecular weight excluding hydrogens is 364 g/mol. The first-order valence-corrected chi connectivity index (χ1v) is 10.6. The summed E-state index contributed by atoms with van der Waals surface area (Å²) >= 11 is 0. The minimum Gasteiger partial charge on any atom is -0.497 e. The number of sulfonamides is 1. The van der Waals surface area contributed by atoms with Crippen LogP contribution in [0.2, 0.25) is 0 Å². The topological polar surface area (TPSA) is 75.7 Å². The number of benzene rings is 2. The van der Waals surface area contributed by atoms with Crippen LogP contribution in [0.15, 0.2) is 42.5 Å². The first-order valence-electron chi connectivity index (χ1n) is 8.98. The summed E-state index contributed by atoms with van der Waals surface area (Å²) in [7, 11) is -2.01. The molecule has 0 aliphatic carbocycles. The lowest BCUT2D eigenvalue weighted by Crippen LogP contribution is -2.34. The van der Waals surface area contributed by atoms with Crippen LogP contribution < -0.4 is 14.4 Å². The predicted octanol–water partition coefficient (Wildman–Crippen LogP) is 3.33. The number of ether oxygens (including phenoxy) is 1. The van der Waals surface area contributed by atoms with Crippen LogP contribution >= 0.6 is 0 Å². The second-order valence-electron chi connectivity index (χ2n) is 6.56. The highest BCUT2D eigenvalue weighted by atomic mass is 32.2. The first-order chi connectivity index (χ1) is 12.9. The van der Waals surface area contributed by atoms with Crippen molar-refractivity contribution in [2.75, 3.05) is 23.3 Å². The minimum atomic E-state index is -3.56. The SMILES string of the molecule is CCC(=O)N1CCCc2cc(NS(=O)(=O)Cc3cccc(OC)c3)ccc21. The van der Waals surface area contributed by atoms with Crippen molar-refractivity contribution in [1.82, 2.24) is 0 Å². The maximum Gasteiger partial charge on any atom is 0.236 e. The monoisotopic (exact) mass is 388 g/mol. The number of carbonyl (C=O) groups excluding carboxylic acids is 1. The number of anilines is 2. The van der Waals surface area contributed by atoms with Crippen LogP contribution in [0, 0.1) is 0 Å². The van der Waals surface area contributed by atoms with E-state index >= 15 is 0 Å². The van der Waals surface area contributed by atoms with E-state index in [9.17, 15) is 13.2 Å². The van der Waals surface area contributed by atoms with Crippen molar-refractivity contribution in [1.29, 1.82) is 0 Å². The second-order valence-corrected chi connectivity index (χ2v) is 8.28. The summed E-state index contributed by atoms with van der Waals surface area (Å²) in [5.74, 6) is 0.571. The molecule has 0 unspecified atom stereocenters. The lowest BCUT2D eigenvalue weighted by atomic mass is 10.0. The van der Waals surface area contributed by atoms with Crippen LogP contribution in [0.3, 0.4) is 0 Å². The van der Waals surface area contributed by atoms with Gasteiger partial charge in [-0.3, -0.25) is 9.52 Å². The van der Waals surface area contributed by atoms with Gasteiger partial charge in [-0.2, -0.15) is 0 Å². The van der Waals surface area contributed by atoms with Crippen molar-refractivity contribution in [3.05, 3.63) is 53.6 Å². The zero-order valence-corrected chi connectivity index (χ0v) is 16.4. The van der Waals surface area contributed by atoms with Crippen LogP contribution in [0.25, 0.3) is 0 Å². The van der Waals surface area contributed by atoms with E-state index in [-0.39, 0.29) is 11.7 Å². The molecule has 1 aliphatic rings. The summed E-state index contributed by atoms with van der Waals surface area (Å²) in [5, 5.41) is 0. The van der Waals surface area contributed by atoms with Crippen molar-refractivity contribution in [2.24, 2.45) is 0 Å². The molecule has 0 aromatic heterocycles. The zero-order chi connectivity index (χ0) is 19.4. The third kappa shape index (κ3) is 4.60. The molecule has 0 fully saturated rings. The number of nitrogens with zero attached hydrogens (tertiary/aromatic N) is 1. The third-order valence-corrected chi connectivity index (χ3v) is 5.83. The van der Waals surface area contributed by atoms with Gasteiger partial charge in [0, 0.05) is 24.3 Å². The molecule has 144 valence electrons. The number of nitrogens with one attached hydrogen (secondary N) is 1. The summed E-state index contributed by atoms with van der Waals surface area (Å²) in [4.78, 5) is 13.9. The fourth-order valence-electron chi connectivity index (χ4n) is 3.31. The van der Waals surface area contributed by atoms with E-state index in [1.54, 1.807) is 42.3 Å². The number of amides is 1. The maximum atomic E-state index is 12.5. The van der Waals surface area contributed by atoms with Gasteiger partial charge in [-0.1, -0.05) is 19.1 Å². The van der Waals surface area contributed by atoms with Gasteiger partial charge in [0.1, 0.15) is 5.75 Å². The van der Waals surface area contributed by atoms with Gasteiger partial charge in [0.25, 0.3) is 0 Å². The van der Waals surface area contributed by atoms with Gasteiger partial charge in [-0.15, -0.1) is 0 Å². The first kappa shape index (κ1) is 19.2. The summed E-state index contributed by atoms with van der Waals surface area (Å²) in [6.07, 6.45) is 2.15. The molecular formula is C20H24N2O4S. The van der Waals surface area contributed by atoms with E-state index in [2.05, 4.69) is 4.72 Å². The molecule has 0 saturated heterocycles. The van der Waals surface area contributed by atoms with E-state index in [0.717, 1.165) is 24.1 Å². The van der Waals surface area contributed by atoms with Crippen molar-refractivity contribution in [3.8, 4) is 5.75 Å². The van der Waals surface area contributed by atoms with Gasteiger partial charge in [0.15, 0.2) is 0 Å². The quantitative estimate of drug-likeness (QED) is 0.824. The number of rotatable bonds is 6. The fourth-order valence-corrected chi connectivity index (χ4v) is 4.48. The highest BCUT2D eigenvalue weighted by Crippen LogP contribution is 2.30. The van der Waals surface area contributed by atoms with E-state index in [1.807, 2.05) is 19.1 Å². The molecule has 0 atom stereocenters. The zero-order valence-electron chi connectivity index (χ0n) is 15.6. The lowest BCUT2D eigenvalue weighted by molar-refractivity contribution is -0.118. The molecule has 3 rings (SSSR count). The summed E-state index contributed by atoms with van der Waals surface area (Å²) < 4.78 is 32.9. The summed E-state index contributed by atoms with van der Waals surface area (Å²) in [6, 6.07) is 12.4. The highest BCUT2D eigenvalue weighted by Gasteiger charge is 2.22. The Morgan fingerprint density at radius 1 is 1.22 bits per heavy atom. The van der Waals surface area contributed by atoms with Crippen molar-refractivity contribution < 1.29 is 17.9 Å². The van der Waals surface area contributed by atoms with Crippen molar-refractivity contribution in [3.63, 3.8) is 0 Å². The van der Waals surface area contributed by atoms with Crippen LogP contribution in [0.4, 0.5) is 11.4 Å². The molecule has 0 spiro atoms. The van der Waals surface area contributed by atoms with Crippen molar-refractivity contribution >= 4 is 27.3 Å². The molecule has 1 aliphatic heterocycles. The molecule has 27 heavy (non-hydrogen) atoms. The van der Waals surface area contributed by atoms with Gasteiger partial charge in [0.05, 0.1) is 12.9 Å². The van der Waals surface area contributed by atoms with Gasteiger partial charge >= 0.3 is 0 Å². The Labute approximate surface area is 160 Å². The molecule has 0 saturated carbocycles. The predicted molar refractivity (Wildman–Crippen MR) is 107 cm³/mol. The van der Waals surface area contributed by atoms with Crippen LogP contribution in [0.1, 0.15) is 30.9 Å². The Morgan fingerprint density at radius 2 is 2.04 bits per heavy atom. The highest BCUT2D eigenvalue weighted by molar-refractivity contribution is 7.91. The molecule has 6 nitrogen and oxygen atoms in total. The molecule has 1 amide bonds. The van der Waals surface area contributed by atoms with Gasteiger partial charge in [-0.25, -0.2) is 8.42 Å². The summed E-state index contributed by atoms with van der Waals surface area (Å²) in [5.41, 5.74) is 3.04. The Balaban J connectivity index is 1.78. The second kappa shape index (κ2) is 8.00. The Bertz CT molecular complexity index is 941. The molecule has 1 heterocycles. The molecule has 0 radical (unpaired) electrons. The molecule has 1 N–H and O–H groups in total. The van der Waals surface area contributed by atoms with Crippen LogP contribution in [-0.4, -0.2) is 28.0 Å². The Morgan fingerprint density at radius 3 is 2.78 bits per heavy atom. The van der Waals surface area contributed by atoms with E-state index in [1.165, 1.54) is 0 Å². The maximum absolute atomic E-state index is 12.5. The Hall–Kier alpha value is -2.54. The third-order valence-electron chi connectivity index (χ3n) is 4.57. The average Bonchev–Trinajstić information content (AvgIpc) is 2.66. The van der Waals surface area contributed by atoms with Gasteiger partial charge in [0.2, 0.25) is 15.9 Å². The standard InChI is InChI=1S/C20H24N2O4S/c1-3-20(23)22-11-5-7-16-13-17(9-10-19(16)22)21-27(24,25)14-15-6-4-8-18(12-15)26-2/h4,6,8-10,12-13,21H,3,5,7,11,14H2,1-2H3. The number of aryl methyl sites for hydroxylation is 1. The van der Waals surface area contributed by atoms with E-state index in [0.29, 0.717) is 30.0 Å². The normalized spacial score (nSPS) is 13.8. The van der Waals surface area contributed by atoms with Gasteiger partial charge < -0.3 is 9.64 Å². The largest absolute Gasteiger partial charge is 0.497 e. The van der Waals surface area contributed by atoms with E-state index < -0.39 is 10.0 Å². The molecule has 2 aromatic carbocycles. The number of carbonyl (C=O) groups is 1. The average molecular weight is 388 g/mol. The van der Waals surface area contributed by atoms with E-state index in [4.69, 9.17) is 4.74 Å². The molecule has 7 heteroatoms. The number of methoxy groups -OCH3 is 1. The van der Waals surface area contributed by atoms with Crippen LogP contribution in [0.5, 0.6) is 5.75 Å². The number of hydrogen-bond acceptors (Lipinski definition) is 4. The number of fused-ring (bicyclic) bond motifs is 1. The molecule has 2 aromatic rings. The Kier molecular flexibility index (Phi) is 5.70. The smallest absolute Gasteiger partial charge is 0.236 e. The van der Waals surface area contributed by atoms with Crippen molar-refractivity contribution in [2.45, 2.75) is 31.9 Å². The van der Waals surface area contributed by atoms with Gasteiger partial charge in [-0.05, 0) is 54.3 Å². The summed E-state index contributed by atoms with van der Waals surface area (Å²) in [6.45, 7) is 2.55. The fraction of sp³-hybridized carbons (Fsp3) is 0.350. The lowest BCUT2D eigenvalue weighted by Gasteiger charge is -2.29. The molecule has 0 bridgehead atoms. The number of hydrogen-bond donors (Lipinski definition) is 1. The van der Waals surface area contributed by atoms with Crippen LogP contribution in [-0.2, 0) is 27.0 Å².